The van der Waals surface area contributed by atoms with Crippen LogP contribution in [-0.4, -0.2) is 27.3 Å². The summed E-state index contributed by atoms with van der Waals surface area (Å²) in [6.45, 7) is 3.41. The molecule has 0 fully saturated rings. The first kappa shape index (κ1) is 17.6. The van der Waals surface area contributed by atoms with E-state index in [0.29, 0.717) is 12.1 Å². The normalized spacial score (nSPS) is 10.5. The third-order valence-electron chi connectivity index (χ3n) is 4.10. The van der Waals surface area contributed by atoms with Crippen molar-refractivity contribution in [2.24, 2.45) is 0 Å². The molecule has 0 bridgehead atoms. The summed E-state index contributed by atoms with van der Waals surface area (Å²) in [5, 5.41) is 0. The Kier molecular flexibility index (Phi) is 5.59. The predicted octanol–water partition coefficient (Wildman–Crippen LogP) is 3.78. The van der Waals surface area contributed by atoms with E-state index in [4.69, 9.17) is 5.73 Å². The van der Waals surface area contributed by atoms with E-state index in [0.717, 1.165) is 29.8 Å². The van der Waals surface area contributed by atoms with Gasteiger partial charge in [-0.05, 0) is 30.2 Å². The molecule has 3 rings (SSSR count). The fourth-order valence-electron chi connectivity index (χ4n) is 2.83. The number of nitrogens with zero attached hydrogens (tertiary/aromatic N) is 3. The Morgan fingerprint density at radius 1 is 1.04 bits per heavy atom. The lowest BCUT2D eigenvalue weighted by atomic mass is 10.1. The molecule has 2 N–H and O–H groups in total. The number of nitrogens with two attached hydrogens (primary N) is 1. The molecule has 0 aliphatic carbocycles. The minimum Gasteiger partial charge on any atom is -0.368 e. The van der Waals surface area contributed by atoms with Crippen LogP contribution in [0.5, 0.6) is 0 Å². The zero-order chi connectivity index (χ0) is 18.4. The molecular weight excluding hydrogens is 324 g/mol. The lowest BCUT2D eigenvalue weighted by Gasteiger charge is -2.22. The van der Waals surface area contributed by atoms with Crippen LogP contribution in [0.1, 0.15) is 29.3 Å². The van der Waals surface area contributed by atoms with Gasteiger partial charge in [-0.1, -0.05) is 49.4 Å². The van der Waals surface area contributed by atoms with E-state index in [2.05, 4.69) is 16.9 Å². The molecular formula is C21H22N4O. The zero-order valence-corrected chi connectivity index (χ0v) is 14.8. The lowest BCUT2D eigenvalue weighted by Crippen LogP contribution is -2.31. The second kappa shape index (κ2) is 8.25. The molecule has 0 aliphatic rings. The Labute approximate surface area is 153 Å². The highest BCUT2D eigenvalue weighted by molar-refractivity contribution is 5.94. The highest BCUT2D eigenvalue weighted by Gasteiger charge is 2.15. The molecule has 0 spiro atoms. The van der Waals surface area contributed by atoms with Crippen molar-refractivity contribution in [3.8, 4) is 11.3 Å². The molecule has 5 nitrogen and oxygen atoms in total. The van der Waals surface area contributed by atoms with Crippen molar-refractivity contribution >= 4 is 11.9 Å². The summed E-state index contributed by atoms with van der Waals surface area (Å²) >= 11 is 0. The van der Waals surface area contributed by atoms with Crippen molar-refractivity contribution in [1.29, 1.82) is 0 Å². The number of benzene rings is 2. The van der Waals surface area contributed by atoms with E-state index in [-0.39, 0.29) is 11.9 Å². The van der Waals surface area contributed by atoms with Gasteiger partial charge < -0.3 is 10.6 Å². The molecule has 0 saturated carbocycles. The first-order valence-electron chi connectivity index (χ1n) is 8.69. The van der Waals surface area contributed by atoms with Crippen LogP contribution in [0, 0.1) is 0 Å². The van der Waals surface area contributed by atoms with Crippen LogP contribution in [0.15, 0.2) is 66.9 Å². The molecule has 3 aromatic rings. The maximum absolute atomic E-state index is 12.9. The summed E-state index contributed by atoms with van der Waals surface area (Å²) < 4.78 is 0. The average molecular weight is 346 g/mol. The largest absolute Gasteiger partial charge is 0.368 e. The Hall–Kier alpha value is -3.21. The molecule has 2 aromatic carbocycles. The van der Waals surface area contributed by atoms with Gasteiger partial charge in [-0.25, -0.2) is 9.97 Å². The van der Waals surface area contributed by atoms with Gasteiger partial charge in [-0.2, -0.15) is 0 Å². The van der Waals surface area contributed by atoms with Crippen LogP contribution in [0.3, 0.4) is 0 Å². The predicted molar refractivity (Wildman–Crippen MR) is 103 cm³/mol. The minimum atomic E-state index is 0.0319. The second-order valence-electron chi connectivity index (χ2n) is 6.09. The molecule has 1 amide bonds. The summed E-state index contributed by atoms with van der Waals surface area (Å²) in [5.74, 6) is 0.268. The average Bonchev–Trinajstić information content (AvgIpc) is 2.68. The topological polar surface area (TPSA) is 72.1 Å². The number of carbonyl (C=O) groups is 1. The lowest BCUT2D eigenvalue weighted by molar-refractivity contribution is 0.0743. The number of anilines is 1. The van der Waals surface area contributed by atoms with Crippen LogP contribution in [0.4, 0.5) is 5.95 Å². The first-order chi connectivity index (χ1) is 12.7. The van der Waals surface area contributed by atoms with Crippen LogP contribution in [-0.2, 0) is 6.54 Å². The van der Waals surface area contributed by atoms with Crippen molar-refractivity contribution in [3.05, 3.63) is 78.0 Å². The third kappa shape index (κ3) is 4.25. The number of rotatable bonds is 6. The van der Waals surface area contributed by atoms with E-state index in [1.165, 1.54) is 0 Å². The summed E-state index contributed by atoms with van der Waals surface area (Å²) in [6.07, 6.45) is 2.54. The number of carbonyl (C=O) groups excluding carboxylic acids is 1. The van der Waals surface area contributed by atoms with E-state index in [9.17, 15) is 4.79 Å². The fourth-order valence-corrected chi connectivity index (χ4v) is 2.83. The standard InChI is InChI=1S/C21H22N4O/c1-2-14-25(15-16-6-4-3-5-7-16)20(26)18-10-8-17(9-11-18)19-12-13-23-21(22)24-19/h3-13H,2,14-15H2,1H3,(H2,22,23,24). The maximum atomic E-state index is 12.9. The van der Waals surface area contributed by atoms with Gasteiger partial charge in [0.15, 0.2) is 0 Å². The van der Waals surface area contributed by atoms with E-state index in [1.54, 1.807) is 12.3 Å². The summed E-state index contributed by atoms with van der Waals surface area (Å²) in [5.41, 5.74) is 9.08. The molecule has 132 valence electrons. The molecule has 0 saturated heterocycles. The number of amides is 1. The monoisotopic (exact) mass is 346 g/mol. The van der Waals surface area contributed by atoms with Crippen molar-refractivity contribution in [1.82, 2.24) is 14.9 Å². The zero-order valence-electron chi connectivity index (χ0n) is 14.8. The first-order valence-corrected chi connectivity index (χ1v) is 8.69. The maximum Gasteiger partial charge on any atom is 0.254 e. The van der Waals surface area contributed by atoms with Gasteiger partial charge in [0, 0.05) is 30.4 Å². The van der Waals surface area contributed by atoms with Gasteiger partial charge >= 0.3 is 0 Å². The van der Waals surface area contributed by atoms with Crippen molar-refractivity contribution in [2.75, 3.05) is 12.3 Å². The Morgan fingerprint density at radius 2 is 1.77 bits per heavy atom. The number of nitrogen functional groups attached to an aromatic ring is 1. The van der Waals surface area contributed by atoms with E-state index < -0.39 is 0 Å². The van der Waals surface area contributed by atoms with Crippen LogP contribution < -0.4 is 5.73 Å². The summed E-state index contributed by atoms with van der Waals surface area (Å²) in [4.78, 5) is 22.9. The van der Waals surface area contributed by atoms with Gasteiger partial charge in [0.25, 0.3) is 5.91 Å². The van der Waals surface area contributed by atoms with Crippen molar-refractivity contribution in [2.45, 2.75) is 19.9 Å². The molecule has 5 heteroatoms. The second-order valence-corrected chi connectivity index (χ2v) is 6.09. The van der Waals surface area contributed by atoms with E-state index >= 15 is 0 Å². The Balaban J connectivity index is 1.78. The molecule has 0 aliphatic heterocycles. The number of hydrogen-bond donors (Lipinski definition) is 1. The van der Waals surface area contributed by atoms with E-state index in [1.807, 2.05) is 59.5 Å². The molecule has 0 atom stereocenters. The summed E-state index contributed by atoms with van der Waals surface area (Å²) in [6, 6.07) is 19.3. The van der Waals surface area contributed by atoms with Crippen molar-refractivity contribution in [3.63, 3.8) is 0 Å². The third-order valence-corrected chi connectivity index (χ3v) is 4.10. The van der Waals surface area contributed by atoms with Gasteiger partial charge in [-0.3, -0.25) is 4.79 Å². The number of aromatic nitrogens is 2. The molecule has 1 heterocycles. The number of hydrogen-bond acceptors (Lipinski definition) is 4. The SMILES string of the molecule is CCCN(Cc1ccccc1)C(=O)c1ccc(-c2ccnc(N)n2)cc1. The highest BCUT2D eigenvalue weighted by Crippen LogP contribution is 2.19. The minimum absolute atomic E-state index is 0.0319. The Bertz CT molecular complexity index is 863. The van der Waals surface area contributed by atoms with Crippen LogP contribution in [0.2, 0.25) is 0 Å². The molecule has 1 aromatic heterocycles. The fraction of sp³-hybridized carbons (Fsp3) is 0.190. The van der Waals surface area contributed by atoms with Crippen molar-refractivity contribution < 1.29 is 4.79 Å². The van der Waals surface area contributed by atoms with Crippen LogP contribution in [0.25, 0.3) is 11.3 Å². The Morgan fingerprint density at radius 3 is 2.42 bits per heavy atom. The van der Waals surface area contributed by atoms with Gasteiger partial charge in [0.05, 0.1) is 5.69 Å². The quantitative estimate of drug-likeness (QED) is 0.737. The van der Waals surface area contributed by atoms with Gasteiger partial charge in [0.2, 0.25) is 5.95 Å². The summed E-state index contributed by atoms with van der Waals surface area (Å²) in [7, 11) is 0. The molecule has 26 heavy (non-hydrogen) atoms. The highest BCUT2D eigenvalue weighted by atomic mass is 16.2. The van der Waals surface area contributed by atoms with Gasteiger partial charge in [0.1, 0.15) is 0 Å². The molecule has 0 unspecified atom stereocenters. The van der Waals surface area contributed by atoms with Gasteiger partial charge in [-0.15, -0.1) is 0 Å². The smallest absolute Gasteiger partial charge is 0.254 e. The van der Waals surface area contributed by atoms with Crippen LogP contribution >= 0.6 is 0 Å². The molecule has 0 radical (unpaired) electrons.